The summed E-state index contributed by atoms with van der Waals surface area (Å²) >= 11 is 1.84. The molecule has 130 valence electrons. The van der Waals surface area contributed by atoms with Gasteiger partial charge < -0.3 is 9.72 Å². The monoisotopic (exact) mass is 353 g/mol. The van der Waals surface area contributed by atoms with Crippen LogP contribution in [0.1, 0.15) is 52.9 Å². The molecule has 0 radical (unpaired) electrons. The first-order valence-electron chi connectivity index (χ1n) is 8.84. The number of pyridine rings is 1. The summed E-state index contributed by atoms with van der Waals surface area (Å²) in [6, 6.07) is 8.62. The first-order chi connectivity index (χ1) is 12.0. The Kier molecular flexibility index (Phi) is 4.12. The molecule has 0 saturated heterocycles. The minimum absolute atomic E-state index is 0.0705. The van der Waals surface area contributed by atoms with Crippen molar-refractivity contribution in [3.63, 3.8) is 0 Å². The van der Waals surface area contributed by atoms with Gasteiger partial charge in [0.15, 0.2) is 0 Å². The standard InChI is InChI=1S/C20H23N3OS/c1-12(2)8-14-4-5-17(25-14)15-10-19(24)21-11-16-20(15)23-7-6-13(3)9-18(23)22-16/h4-7,9,12,15H,8,10-11H2,1-3H3,(H,21,24). The number of fused-ring (bicyclic) bond motifs is 3. The lowest BCUT2D eigenvalue weighted by Gasteiger charge is -2.14. The molecule has 0 bridgehead atoms. The first-order valence-corrected chi connectivity index (χ1v) is 9.65. The molecular formula is C20H23N3OS. The summed E-state index contributed by atoms with van der Waals surface area (Å²) in [6.07, 6.45) is 3.65. The van der Waals surface area contributed by atoms with Crippen molar-refractivity contribution in [2.45, 2.75) is 46.1 Å². The summed E-state index contributed by atoms with van der Waals surface area (Å²) in [4.78, 5) is 19.7. The Morgan fingerprint density at radius 3 is 3.00 bits per heavy atom. The second-order valence-electron chi connectivity index (χ2n) is 7.31. The number of rotatable bonds is 3. The summed E-state index contributed by atoms with van der Waals surface area (Å²) in [5.41, 5.74) is 4.31. The fourth-order valence-electron chi connectivity index (χ4n) is 3.58. The minimum Gasteiger partial charge on any atom is -0.350 e. The van der Waals surface area contributed by atoms with Gasteiger partial charge >= 0.3 is 0 Å². The minimum atomic E-state index is 0.0705. The number of amides is 1. The molecule has 0 spiro atoms. The molecule has 1 N–H and O–H groups in total. The van der Waals surface area contributed by atoms with Crippen molar-refractivity contribution in [3.05, 3.63) is 57.2 Å². The Bertz CT molecular complexity index is 938. The van der Waals surface area contributed by atoms with E-state index in [0.29, 0.717) is 18.9 Å². The summed E-state index contributed by atoms with van der Waals surface area (Å²) in [5, 5.41) is 3.00. The van der Waals surface area contributed by atoms with E-state index in [1.807, 2.05) is 11.3 Å². The van der Waals surface area contributed by atoms with Gasteiger partial charge in [0, 0.05) is 28.3 Å². The van der Waals surface area contributed by atoms with Crippen LogP contribution in [-0.4, -0.2) is 15.3 Å². The topological polar surface area (TPSA) is 46.4 Å². The summed E-state index contributed by atoms with van der Waals surface area (Å²) in [6.45, 7) is 7.07. The third kappa shape index (κ3) is 3.09. The average molecular weight is 353 g/mol. The molecule has 1 amide bonds. The Morgan fingerprint density at radius 2 is 2.20 bits per heavy atom. The van der Waals surface area contributed by atoms with Crippen LogP contribution in [0.15, 0.2) is 30.5 Å². The van der Waals surface area contributed by atoms with Gasteiger partial charge in [0.05, 0.1) is 17.9 Å². The molecule has 0 aliphatic carbocycles. The van der Waals surface area contributed by atoms with Crippen LogP contribution in [0, 0.1) is 12.8 Å². The van der Waals surface area contributed by atoms with E-state index in [2.05, 4.69) is 61.0 Å². The Morgan fingerprint density at radius 1 is 1.36 bits per heavy atom. The number of aryl methyl sites for hydroxylation is 1. The summed E-state index contributed by atoms with van der Waals surface area (Å²) in [5.74, 6) is 0.807. The molecule has 3 aromatic rings. The van der Waals surface area contributed by atoms with E-state index in [-0.39, 0.29) is 11.8 Å². The van der Waals surface area contributed by atoms with Crippen LogP contribution in [-0.2, 0) is 17.8 Å². The van der Waals surface area contributed by atoms with E-state index in [0.717, 1.165) is 23.5 Å². The molecule has 4 heterocycles. The number of imidazole rings is 1. The molecule has 0 saturated carbocycles. The maximum Gasteiger partial charge on any atom is 0.221 e. The van der Waals surface area contributed by atoms with Gasteiger partial charge in [0.1, 0.15) is 5.65 Å². The molecule has 1 unspecified atom stereocenters. The van der Waals surface area contributed by atoms with E-state index in [9.17, 15) is 4.79 Å². The zero-order valence-corrected chi connectivity index (χ0v) is 15.7. The van der Waals surface area contributed by atoms with Crippen LogP contribution in [0.5, 0.6) is 0 Å². The Balaban J connectivity index is 1.83. The van der Waals surface area contributed by atoms with E-state index in [1.54, 1.807) is 0 Å². The molecule has 1 atom stereocenters. The number of hydrogen-bond donors (Lipinski definition) is 1. The van der Waals surface area contributed by atoms with E-state index in [4.69, 9.17) is 4.98 Å². The molecule has 0 fully saturated rings. The molecule has 4 nitrogen and oxygen atoms in total. The molecular weight excluding hydrogens is 330 g/mol. The van der Waals surface area contributed by atoms with Crippen molar-refractivity contribution in [1.82, 2.24) is 14.7 Å². The van der Waals surface area contributed by atoms with Crippen LogP contribution in [0.2, 0.25) is 0 Å². The maximum atomic E-state index is 12.3. The average Bonchev–Trinajstić information content (AvgIpc) is 3.10. The van der Waals surface area contributed by atoms with Gasteiger partial charge in [0.25, 0.3) is 0 Å². The number of nitrogens with zero attached hydrogens (tertiary/aromatic N) is 2. The van der Waals surface area contributed by atoms with Crippen LogP contribution in [0.4, 0.5) is 0 Å². The van der Waals surface area contributed by atoms with E-state index < -0.39 is 0 Å². The van der Waals surface area contributed by atoms with Crippen LogP contribution in [0.25, 0.3) is 5.65 Å². The molecule has 25 heavy (non-hydrogen) atoms. The van der Waals surface area contributed by atoms with Gasteiger partial charge in [-0.05, 0) is 49.1 Å². The fourth-order valence-corrected chi connectivity index (χ4v) is 4.91. The highest BCUT2D eigenvalue weighted by molar-refractivity contribution is 7.12. The van der Waals surface area contributed by atoms with Gasteiger partial charge in [-0.25, -0.2) is 4.98 Å². The highest BCUT2D eigenvalue weighted by Crippen LogP contribution is 2.37. The largest absolute Gasteiger partial charge is 0.350 e. The molecule has 0 aromatic carbocycles. The van der Waals surface area contributed by atoms with Gasteiger partial charge in [0.2, 0.25) is 5.91 Å². The maximum absolute atomic E-state index is 12.3. The van der Waals surface area contributed by atoms with Gasteiger partial charge in [-0.1, -0.05) is 13.8 Å². The normalized spacial score (nSPS) is 17.6. The Labute approximate surface area is 151 Å². The van der Waals surface area contributed by atoms with Gasteiger partial charge in [-0.2, -0.15) is 0 Å². The molecule has 1 aliphatic rings. The highest BCUT2D eigenvalue weighted by Gasteiger charge is 2.29. The number of carbonyl (C=O) groups is 1. The lowest BCUT2D eigenvalue weighted by molar-refractivity contribution is -0.121. The summed E-state index contributed by atoms with van der Waals surface area (Å²) < 4.78 is 2.16. The zero-order valence-electron chi connectivity index (χ0n) is 14.9. The second-order valence-corrected chi connectivity index (χ2v) is 8.51. The number of hydrogen-bond acceptors (Lipinski definition) is 3. The van der Waals surface area contributed by atoms with Crippen LogP contribution >= 0.6 is 11.3 Å². The van der Waals surface area contributed by atoms with Crippen LogP contribution < -0.4 is 5.32 Å². The third-order valence-corrected chi connectivity index (χ3v) is 5.92. The van der Waals surface area contributed by atoms with Crippen molar-refractivity contribution in [2.24, 2.45) is 5.92 Å². The predicted molar refractivity (Wildman–Crippen MR) is 101 cm³/mol. The van der Waals surface area contributed by atoms with E-state index in [1.165, 1.54) is 15.3 Å². The number of nitrogens with one attached hydrogen (secondary N) is 1. The first kappa shape index (κ1) is 16.3. The van der Waals surface area contributed by atoms with Gasteiger partial charge in [-0.3, -0.25) is 4.79 Å². The van der Waals surface area contributed by atoms with Crippen molar-refractivity contribution >= 4 is 22.9 Å². The molecule has 1 aliphatic heterocycles. The van der Waals surface area contributed by atoms with Crippen molar-refractivity contribution in [3.8, 4) is 0 Å². The summed E-state index contributed by atoms with van der Waals surface area (Å²) in [7, 11) is 0. The number of carbonyl (C=O) groups excluding carboxylic acids is 1. The van der Waals surface area contributed by atoms with Crippen molar-refractivity contribution < 1.29 is 4.79 Å². The number of thiophene rings is 1. The molecule has 3 aromatic heterocycles. The highest BCUT2D eigenvalue weighted by atomic mass is 32.1. The van der Waals surface area contributed by atoms with Gasteiger partial charge in [-0.15, -0.1) is 11.3 Å². The lowest BCUT2D eigenvalue weighted by atomic mass is 9.98. The number of aromatic nitrogens is 2. The zero-order chi connectivity index (χ0) is 17.6. The quantitative estimate of drug-likeness (QED) is 0.772. The SMILES string of the molecule is Cc1ccn2c3c(nc2c1)CNC(=O)CC3c1ccc(CC(C)C)s1. The lowest BCUT2D eigenvalue weighted by Crippen LogP contribution is -2.21. The van der Waals surface area contributed by atoms with Crippen molar-refractivity contribution in [2.75, 3.05) is 0 Å². The van der Waals surface area contributed by atoms with Crippen LogP contribution in [0.3, 0.4) is 0 Å². The fraction of sp³-hybridized carbons (Fsp3) is 0.400. The Hall–Kier alpha value is -2.14. The molecule has 5 heteroatoms. The smallest absolute Gasteiger partial charge is 0.221 e. The predicted octanol–water partition coefficient (Wildman–Crippen LogP) is 4.05. The van der Waals surface area contributed by atoms with Crippen molar-refractivity contribution in [1.29, 1.82) is 0 Å². The second kappa shape index (κ2) is 6.30. The third-order valence-electron chi connectivity index (χ3n) is 4.70. The molecule has 4 rings (SSSR count). The van der Waals surface area contributed by atoms with E-state index >= 15 is 0 Å².